The fourth-order valence-electron chi connectivity index (χ4n) is 0.947. The zero-order valence-electron chi connectivity index (χ0n) is 7.43. The van der Waals surface area contributed by atoms with Crippen LogP contribution in [-0.4, -0.2) is 14.8 Å². The van der Waals surface area contributed by atoms with Crippen LogP contribution in [0.1, 0.15) is 26.9 Å². The topological polar surface area (TPSA) is 60.1 Å². The number of hydrogen-bond acceptors (Lipinski definition) is 4. The summed E-state index contributed by atoms with van der Waals surface area (Å²) in [4.78, 5) is 14.3. The van der Waals surface area contributed by atoms with E-state index in [0.717, 1.165) is 0 Å². The van der Waals surface area contributed by atoms with Crippen molar-refractivity contribution in [1.29, 1.82) is 0 Å². The molecule has 1 rings (SSSR count). The number of aromatic nitrogens is 3. The third kappa shape index (κ3) is 1.66. The average molecular weight is 168 g/mol. The monoisotopic (exact) mass is 168 g/mol. The molecule has 0 saturated heterocycles. The van der Waals surface area contributed by atoms with Crippen molar-refractivity contribution in [2.75, 3.05) is 0 Å². The normalized spacial score (nSPS) is 14.2. The summed E-state index contributed by atoms with van der Waals surface area (Å²) in [6.45, 7) is 5.79. The number of nitroso groups, excluding NO2 is 1. The molecule has 1 atom stereocenters. The summed E-state index contributed by atoms with van der Waals surface area (Å²) in [6.07, 6.45) is 2.40. The Kier molecular flexibility index (Phi) is 2.21. The number of hydrogen-bond donors (Lipinski definition) is 0. The van der Waals surface area contributed by atoms with Gasteiger partial charge < -0.3 is 0 Å². The third-order valence-electron chi connectivity index (χ3n) is 1.56. The summed E-state index contributed by atoms with van der Waals surface area (Å²) in [5.41, 5.74) is -0.227. The fraction of sp³-hybridized carbons (Fsp3) is 0.714. The fourth-order valence-corrected chi connectivity index (χ4v) is 0.947. The molecule has 0 fully saturated rings. The van der Waals surface area contributed by atoms with Gasteiger partial charge >= 0.3 is 0 Å². The number of nitrogens with zero attached hydrogens (tertiary/aromatic N) is 4. The molecule has 0 N–H and O–H groups in total. The van der Waals surface area contributed by atoms with E-state index in [-0.39, 0.29) is 5.41 Å². The Hall–Kier alpha value is -1.26. The van der Waals surface area contributed by atoms with Gasteiger partial charge in [0.05, 0.1) is 0 Å². The summed E-state index contributed by atoms with van der Waals surface area (Å²) < 4.78 is 1.47. The Balaban J connectivity index is 2.91. The smallest absolute Gasteiger partial charge is 0.189 e. The van der Waals surface area contributed by atoms with Gasteiger partial charge in [-0.2, -0.15) is 5.10 Å². The Morgan fingerprint density at radius 2 is 2.17 bits per heavy atom. The first-order valence-corrected chi connectivity index (χ1v) is 3.72. The lowest BCUT2D eigenvalue weighted by molar-refractivity contribution is 0.231. The predicted molar refractivity (Wildman–Crippen MR) is 44.3 cm³/mol. The summed E-state index contributed by atoms with van der Waals surface area (Å²) in [6, 6.07) is 0. The van der Waals surface area contributed by atoms with Gasteiger partial charge in [0.1, 0.15) is 12.7 Å². The number of rotatable bonds is 2. The second-order valence-corrected chi connectivity index (χ2v) is 3.72. The maximum absolute atomic E-state index is 10.5. The highest BCUT2D eigenvalue weighted by Gasteiger charge is 2.27. The molecular formula is C7H12N4O. The minimum Gasteiger partial charge on any atom is -0.224 e. The molecule has 0 aliphatic carbocycles. The second-order valence-electron chi connectivity index (χ2n) is 3.72. The molecule has 1 unspecified atom stereocenters. The van der Waals surface area contributed by atoms with Crippen LogP contribution in [0.15, 0.2) is 17.8 Å². The molecule has 5 nitrogen and oxygen atoms in total. The van der Waals surface area contributed by atoms with Crippen molar-refractivity contribution < 1.29 is 0 Å². The first-order valence-electron chi connectivity index (χ1n) is 3.72. The molecule has 5 heteroatoms. The lowest BCUT2D eigenvalue weighted by Gasteiger charge is -2.23. The van der Waals surface area contributed by atoms with Crippen LogP contribution in [0.4, 0.5) is 0 Å². The van der Waals surface area contributed by atoms with Crippen LogP contribution in [-0.2, 0) is 0 Å². The van der Waals surface area contributed by atoms with E-state index in [9.17, 15) is 4.91 Å². The van der Waals surface area contributed by atoms with Gasteiger partial charge in [0, 0.05) is 5.41 Å². The van der Waals surface area contributed by atoms with Crippen LogP contribution in [0, 0.1) is 10.3 Å². The van der Waals surface area contributed by atoms with Crippen LogP contribution >= 0.6 is 0 Å². The van der Waals surface area contributed by atoms with E-state index in [1.807, 2.05) is 20.8 Å². The third-order valence-corrected chi connectivity index (χ3v) is 1.56. The van der Waals surface area contributed by atoms with Crippen molar-refractivity contribution in [3.05, 3.63) is 17.6 Å². The van der Waals surface area contributed by atoms with Gasteiger partial charge in [0.2, 0.25) is 0 Å². The molecule has 12 heavy (non-hydrogen) atoms. The van der Waals surface area contributed by atoms with Crippen LogP contribution < -0.4 is 0 Å². The van der Waals surface area contributed by atoms with Crippen molar-refractivity contribution in [1.82, 2.24) is 14.8 Å². The van der Waals surface area contributed by atoms with E-state index in [1.54, 1.807) is 0 Å². The van der Waals surface area contributed by atoms with E-state index in [4.69, 9.17) is 0 Å². The molecule has 0 aliphatic rings. The van der Waals surface area contributed by atoms with Gasteiger partial charge in [0.15, 0.2) is 6.17 Å². The van der Waals surface area contributed by atoms with Gasteiger partial charge in [0.25, 0.3) is 0 Å². The lowest BCUT2D eigenvalue weighted by Crippen LogP contribution is -2.22. The van der Waals surface area contributed by atoms with E-state index in [0.29, 0.717) is 0 Å². The highest BCUT2D eigenvalue weighted by atomic mass is 16.3. The van der Waals surface area contributed by atoms with E-state index < -0.39 is 6.17 Å². The predicted octanol–water partition coefficient (Wildman–Crippen LogP) is 1.59. The molecule has 0 amide bonds. The molecule has 0 aromatic carbocycles. The highest BCUT2D eigenvalue weighted by Crippen LogP contribution is 2.30. The quantitative estimate of drug-likeness (QED) is 0.630. The summed E-state index contributed by atoms with van der Waals surface area (Å²) in [7, 11) is 0. The van der Waals surface area contributed by atoms with Crippen molar-refractivity contribution >= 4 is 0 Å². The highest BCUT2D eigenvalue weighted by molar-refractivity contribution is 4.77. The molecule has 0 bridgehead atoms. The molecule has 1 aromatic rings. The van der Waals surface area contributed by atoms with Gasteiger partial charge in [-0.3, -0.25) is 0 Å². The molecule has 0 aliphatic heterocycles. The Morgan fingerprint density at radius 3 is 2.50 bits per heavy atom. The maximum atomic E-state index is 10.5. The van der Waals surface area contributed by atoms with Gasteiger partial charge in [-0.15, -0.1) is 4.91 Å². The van der Waals surface area contributed by atoms with Gasteiger partial charge in [-0.05, 0) is 5.18 Å². The summed E-state index contributed by atoms with van der Waals surface area (Å²) in [5.74, 6) is 0. The Morgan fingerprint density at radius 1 is 1.50 bits per heavy atom. The molecule has 0 saturated carbocycles. The molecule has 0 spiro atoms. The van der Waals surface area contributed by atoms with E-state index in [1.165, 1.54) is 17.3 Å². The zero-order chi connectivity index (χ0) is 9.19. The van der Waals surface area contributed by atoms with Gasteiger partial charge in [-0.1, -0.05) is 20.8 Å². The SMILES string of the molecule is CC(C)(C)C(N=O)n1cncn1. The Bertz CT molecular complexity index is 249. The Labute approximate surface area is 70.8 Å². The van der Waals surface area contributed by atoms with E-state index >= 15 is 0 Å². The van der Waals surface area contributed by atoms with Crippen LogP contribution in [0.2, 0.25) is 0 Å². The largest absolute Gasteiger partial charge is 0.224 e. The maximum Gasteiger partial charge on any atom is 0.189 e. The van der Waals surface area contributed by atoms with Gasteiger partial charge in [-0.25, -0.2) is 9.67 Å². The molecule has 66 valence electrons. The molecule has 1 aromatic heterocycles. The standard InChI is InChI=1S/C7H12N4O/c1-7(2,3)6(10-12)11-5-8-4-9-11/h4-6H,1-3H3. The summed E-state index contributed by atoms with van der Waals surface area (Å²) >= 11 is 0. The molecular weight excluding hydrogens is 156 g/mol. The van der Waals surface area contributed by atoms with Crippen molar-refractivity contribution in [2.24, 2.45) is 10.6 Å². The molecule has 0 radical (unpaired) electrons. The van der Waals surface area contributed by atoms with Crippen LogP contribution in [0.5, 0.6) is 0 Å². The van der Waals surface area contributed by atoms with Crippen molar-refractivity contribution in [3.63, 3.8) is 0 Å². The molecule has 1 heterocycles. The van der Waals surface area contributed by atoms with Crippen molar-refractivity contribution in [3.8, 4) is 0 Å². The first kappa shape index (κ1) is 8.83. The average Bonchev–Trinajstić information content (AvgIpc) is 2.38. The lowest BCUT2D eigenvalue weighted by atomic mass is 9.93. The second kappa shape index (κ2) is 3.00. The van der Waals surface area contributed by atoms with Crippen LogP contribution in [0.3, 0.4) is 0 Å². The zero-order valence-corrected chi connectivity index (χ0v) is 7.43. The first-order chi connectivity index (χ1) is 5.55. The minimum absolute atomic E-state index is 0.227. The van der Waals surface area contributed by atoms with Crippen LogP contribution in [0.25, 0.3) is 0 Å². The van der Waals surface area contributed by atoms with E-state index in [2.05, 4.69) is 15.3 Å². The minimum atomic E-state index is -0.486. The summed E-state index contributed by atoms with van der Waals surface area (Å²) in [5, 5.41) is 6.88. The van der Waals surface area contributed by atoms with Crippen molar-refractivity contribution in [2.45, 2.75) is 26.9 Å².